The zero-order chi connectivity index (χ0) is 26.9. The summed E-state index contributed by atoms with van der Waals surface area (Å²) in [5, 5.41) is 2.68. The Labute approximate surface area is 225 Å². The first-order chi connectivity index (χ1) is 18.0. The number of alkyl halides is 3. The Kier molecular flexibility index (Phi) is 6.04. The number of halogens is 6. The number of likely N-dealkylation sites (tertiary alicyclic amines) is 1. The molecule has 0 bridgehead atoms. The minimum absolute atomic E-state index is 0.0621. The molecular formula is C25H22Cl2F4N4O3. The summed E-state index contributed by atoms with van der Waals surface area (Å²) in [5.41, 5.74) is -1.24. The molecule has 0 N–H and O–H groups in total. The monoisotopic (exact) mass is 572 g/mol. The number of hydrogen-bond donors (Lipinski definition) is 0. The Morgan fingerprint density at radius 1 is 1.03 bits per heavy atom. The van der Waals surface area contributed by atoms with E-state index in [1.807, 2.05) is 0 Å². The number of pyridine rings is 1. The molecule has 1 aromatic carbocycles. The van der Waals surface area contributed by atoms with Crippen LogP contribution in [-0.4, -0.2) is 59.0 Å². The summed E-state index contributed by atoms with van der Waals surface area (Å²) in [4.78, 5) is 25.9. The van der Waals surface area contributed by atoms with Gasteiger partial charge in [0, 0.05) is 43.4 Å². The van der Waals surface area contributed by atoms with Crippen molar-refractivity contribution in [3.05, 3.63) is 62.6 Å². The first-order valence-electron chi connectivity index (χ1n) is 12.1. The molecule has 2 saturated heterocycles. The molecule has 4 aliphatic heterocycles. The van der Waals surface area contributed by atoms with Crippen molar-refractivity contribution in [2.75, 3.05) is 26.3 Å². The number of carbonyl (C=O) groups excluding carboxylic acids is 1. The van der Waals surface area contributed by atoms with Gasteiger partial charge in [0.15, 0.2) is 5.82 Å². The lowest BCUT2D eigenvalue weighted by atomic mass is 9.77. The van der Waals surface area contributed by atoms with Crippen LogP contribution in [0.25, 0.3) is 0 Å². The highest BCUT2D eigenvalue weighted by molar-refractivity contribution is 6.35. The molecular weight excluding hydrogens is 551 g/mol. The molecule has 2 aromatic rings. The third kappa shape index (κ3) is 4.10. The van der Waals surface area contributed by atoms with Crippen LogP contribution in [0.3, 0.4) is 0 Å². The molecule has 202 valence electrons. The third-order valence-corrected chi connectivity index (χ3v) is 8.49. The number of aromatic nitrogens is 1. The smallest absolute Gasteiger partial charge is 0.380 e. The lowest BCUT2D eigenvalue weighted by Gasteiger charge is -2.47. The number of fused-ring (bicyclic) bond motifs is 1. The largest absolute Gasteiger partial charge is 0.435 e. The number of amidine groups is 1. The normalized spacial score (nSPS) is 24.2. The Balaban J connectivity index is 1.18. The molecule has 7 nitrogen and oxygen atoms in total. The Bertz CT molecular complexity index is 1320. The SMILES string of the molecule is O=C(c1cc2c(cn1)CN(C1=NOC(c3cc(Cl)c(F)c(Cl)c3)(C(F)(F)F)C1)C2)N1CCC2(CC1)COC2. The number of ether oxygens (including phenoxy) is 1. The second-order valence-electron chi connectivity index (χ2n) is 10.3. The number of piperidine rings is 1. The van der Waals surface area contributed by atoms with Crippen LogP contribution >= 0.6 is 23.2 Å². The van der Waals surface area contributed by atoms with E-state index >= 15 is 0 Å². The molecule has 0 radical (unpaired) electrons. The molecule has 0 saturated carbocycles. The molecule has 1 unspecified atom stereocenters. The first-order valence-corrected chi connectivity index (χ1v) is 12.8. The van der Waals surface area contributed by atoms with Gasteiger partial charge in [0.05, 0.1) is 29.7 Å². The first kappa shape index (κ1) is 25.6. The lowest BCUT2D eigenvalue weighted by molar-refractivity contribution is -0.275. The summed E-state index contributed by atoms with van der Waals surface area (Å²) in [7, 11) is 0. The summed E-state index contributed by atoms with van der Waals surface area (Å²) >= 11 is 11.6. The number of nitrogens with zero attached hydrogens (tertiary/aromatic N) is 4. The zero-order valence-electron chi connectivity index (χ0n) is 20.0. The number of oxime groups is 1. The van der Waals surface area contributed by atoms with E-state index in [0.717, 1.165) is 49.3 Å². The molecule has 38 heavy (non-hydrogen) atoms. The molecule has 1 aromatic heterocycles. The maximum absolute atomic E-state index is 14.3. The molecule has 6 rings (SSSR count). The van der Waals surface area contributed by atoms with E-state index in [1.165, 1.54) is 0 Å². The van der Waals surface area contributed by atoms with Gasteiger partial charge in [0.25, 0.3) is 11.5 Å². The number of carbonyl (C=O) groups is 1. The van der Waals surface area contributed by atoms with E-state index in [0.29, 0.717) is 18.8 Å². The molecule has 5 heterocycles. The van der Waals surface area contributed by atoms with Crippen molar-refractivity contribution in [1.29, 1.82) is 0 Å². The van der Waals surface area contributed by atoms with Crippen molar-refractivity contribution >= 4 is 34.9 Å². The number of rotatable bonds is 2. The van der Waals surface area contributed by atoms with Gasteiger partial charge in [-0.25, -0.2) is 4.39 Å². The van der Waals surface area contributed by atoms with Crippen molar-refractivity contribution < 1.29 is 31.9 Å². The molecule has 2 fully saturated rings. The van der Waals surface area contributed by atoms with Crippen LogP contribution in [0.15, 0.2) is 29.6 Å². The fourth-order valence-electron chi connectivity index (χ4n) is 5.45. The van der Waals surface area contributed by atoms with E-state index in [2.05, 4.69) is 10.1 Å². The standard InChI is InChI=1S/C25H22Cl2F4N4O3/c26-17-6-16(7-18(27)21(17)28)24(25(29,30)31)8-20(33-38-24)35-10-14-5-19(32-9-15(14)11-35)22(36)34-3-1-23(2-4-34)12-37-13-23/h5-7,9H,1-4,8,10-13H2. The van der Waals surface area contributed by atoms with Crippen LogP contribution in [0.2, 0.25) is 10.0 Å². The Morgan fingerprint density at radius 2 is 1.68 bits per heavy atom. The van der Waals surface area contributed by atoms with Gasteiger partial charge in [-0.15, -0.1) is 0 Å². The predicted octanol–water partition coefficient (Wildman–Crippen LogP) is 5.29. The molecule has 0 aliphatic carbocycles. The van der Waals surface area contributed by atoms with Gasteiger partial charge in [-0.1, -0.05) is 28.4 Å². The lowest BCUT2D eigenvalue weighted by Crippen LogP contribution is -2.52. The van der Waals surface area contributed by atoms with Crippen molar-refractivity contribution in [3.63, 3.8) is 0 Å². The highest BCUT2D eigenvalue weighted by atomic mass is 35.5. The molecule has 1 amide bonds. The van der Waals surface area contributed by atoms with Crippen LogP contribution in [0.4, 0.5) is 17.6 Å². The van der Waals surface area contributed by atoms with Crippen molar-refractivity contribution in [2.45, 2.75) is 44.1 Å². The average molecular weight is 573 g/mol. The minimum atomic E-state index is -4.89. The van der Waals surface area contributed by atoms with E-state index in [-0.39, 0.29) is 30.2 Å². The summed E-state index contributed by atoms with van der Waals surface area (Å²) in [6.45, 7) is 3.25. The fourth-order valence-corrected chi connectivity index (χ4v) is 5.94. The molecule has 4 aliphatic rings. The second kappa shape index (κ2) is 8.96. The Hall–Kier alpha value is -2.63. The van der Waals surface area contributed by atoms with Gasteiger partial charge in [-0.2, -0.15) is 13.2 Å². The number of amides is 1. The highest BCUT2D eigenvalue weighted by Gasteiger charge is 2.63. The highest BCUT2D eigenvalue weighted by Crippen LogP contribution is 2.50. The average Bonchev–Trinajstić information content (AvgIpc) is 3.50. The summed E-state index contributed by atoms with van der Waals surface area (Å²) in [6, 6.07) is 3.41. The maximum atomic E-state index is 14.3. The molecule has 1 spiro atoms. The van der Waals surface area contributed by atoms with Gasteiger partial charge in [0.2, 0.25) is 0 Å². The summed E-state index contributed by atoms with van der Waals surface area (Å²) in [5.74, 6) is -1.11. The van der Waals surface area contributed by atoms with Gasteiger partial charge in [-0.3, -0.25) is 9.78 Å². The summed E-state index contributed by atoms with van der Waals surface area (Å²) in [6.07, 6.45) is -2.18. The fraction of sp³-hybridized carbons (Fsp3) is 0.480. The van der Waals surface area contributed by atoms with Crippen molar-refractivity contribution in [1.82, 2.24) is 14.8 Å². The summed E-state index contributed by atoms with van der Waals surface area (Å²) < 4.78 is 62.2. The van der Waals surface area contributed by atoms with Gasteiger partial charge in [-0.05, 0) is 42.2 Å². The second-order valence-corrected chi connectivity index (χ2v) is 11.1. The van der Waals surface area contributed by atoms with Gasteiger partial charge >= 0.3 is 6.18 Å². The third-order valence-electron chi connectivity index (χ3n) is 7.94. The van der Waals surface area contributed by atoms with Crippen molar-refractivity contribution in [2.24, 2.45) is 10.6 Å². The Morgan fingerprint density at radius 3 is 2.29 bits per heavy atom. The molecule has 13 heteroatoms. The van der Waals surface area contributed by atoms with E-state index in [1.54, 1.807) is 22.1 Å². The van der Waals surface area contributed by atoms with Crippen molar-refractivity contribution in [3.8, 4) is 0 Å². The van der Waals surface area contributed by atoms with Crippen LogP contribution in [0.5, 0.6) is 0 Å². The molecule has 1 atom stereocenters. The quantitative estimate of drug-likeness (QED) is 0.361. The number of benzene rings is 1. The maximum Gasteiger partial charge on any atom is 0.435 e. The van der Waals surface area contributed by atoms with Crippen LogP contribution in [-0.2, 0) is 28.3 Å². The van der Waals surface area contributed by atoms with E-state index in [9.17, 15) is 22.4 Å². The van der Waals surface area contributed by atoms with Crippen LogP contribution in [0.1, 0.15) is 46.4 Å². The van der Waals surface area contributed by atoms with Gasteiger partial charge < -0.3 is 19.4 Å². The van der Waals surface area contributed by atoms with E-state index in [4.69, 9.17) is 32.8 Å². The minimum Gasteiger partial charge on any atom is -0.380 e. The zero-order valence-corrected chi connectivity index (χ0v) is 21.5. The number of hydrogen-bond acceptors (Lipinski definition) is 6. The van der Waals surface area contributed by atoms with Crippen LogP contribution < -0.4 is 0 Å². The van der Waals surface area contributed by atoms with E-state index < -0.39 is 39.6 Å². The van der Waals surface area contributed by atoms with Gasteiger partial charge in [0.1, 0.15) is 11.5 Å². The topological polar surface area (TPSA) is 67.3 Å². The predicted molar refractivity (Wildman–Crippen MR) is 129 cm³/mol. The van der Waals surface area contributed by atoms with Crippen LogP contribution in [0, 0.1) is 11.2 Å².